The molecule has 0 radical (unpaired) electrons. The molecule has 5 N–H and O–H groups in total. The molecule has 0 bridgehead atoms. The predicted octanol–water partition coefficient (Wildman–Crippen LogP) is 6.19. The summed E-state index contributed by atoms with van der Waals surface area (Å²) in [6, 6.07) is 11.9. The number of hydrogen-bond donors (Lipinski definition) is 4. The van der Waals surface area contributed by atoms with Crippen LogP contribution in [0.15, 0.2) is 48.8 Å². The number of nitrogens with one attached hydrogen (secondary N) is 1. The molecule has 61 heavy (non-hydrogen) atoms. The van der Waals surface area contributed by atoms with Crippen molar-refractivity contribution in [2.75, 3.05) is 12.3 Å². The van der Waals surface area contributed by atoms with Gasteiger partial charge in [-0.2, -0.15) is 15.4 Å². The molecule has 6 atom stereocenters. The first kappa shape index (κ1) is 45.4. The molecule has 2 aromatic heterocycles. The van der Waals surface area contributed by atoms with E-state index in [4.69, 9.17) is 29.0 Å². The first-order chi connectivity index (χ1) is 28.9. The number of aliphatic carboxylic acids is 2. The van der Waals surface area contributed by atoms with Crippen LogP contribution in [0.5, 0.6) is 5.75 Å². The summed E-state index contributed by atoms with van der Waals surface area (Å²) in [4.78, 5) is 56.6. The maximum Gasteiger partial charge on any atom is 0.459 e. The molecule has 1 unspecified atom stereocenters. The van der Waals surface area contributed by atoms with Crippen LogP contribution in [-0.2, 0) is 48.1 Å². The van der Waals surface area contributed by atoms with Crippen molar-refractivity contribution in [1.29, 1.82) is 5.26 Å². The van der Waals surface area contributed by atoms with Crippen molar-refractivity contribution < 1.29 is 57.2 Å². The lowest BCUT2D eigenvalue weighted by Gasteiger charge is -2.36. The van der Waals surface area contributed by atoms with Crippen molar-refractivity contribution in [1.82, 2.24) is 19.7 Å². The van der Waals surface area contributed by atoms with Crippen molar-refractivity contribution in [3.63, 3.8) is 0 Å². The molecule has 2 aliphatic carbocycles. The van der Waals surface area contributed by atoms with Crippen molar-refractivity contribution in [2.24, 2.45) is 22.7 Å². The third-order valence-electron chi connectivity index (χ3n) is 12.0. The van der Waals surface area contributed by atoms with E-state index in [0.29, 0.717) is 31.2 Å². The summed E-state index contributed by atoms with van der Waals surface area (Å²) in [5, 5.41) is 38.9. The summed E-state index contributed by atoms with van der Waals surface area (Å²) in [6.07, 6.45) is 4.47. The molecule has 0 amide bonds. The Balaban J connectivity index is 1.40. The highest BCUT2D eigenvalue weighted by Crippen LogP contribution is 2.56. The second-order valence-corrected chi connectivity index (χ2v) is 19.2. The number of carboxylic acids is 2. The molecule has 3 fully saturated rings. The van der Waals surface area contributed by atoms with Gasteiger partial charge in [0.15, 0.2) is 11.4 Å². The maximum absolute atomic E-state index is 15.1. The van der Waals surface area contributed by atoms with Crippen LogP contribution in [0.3, 0.4) is 0 Å². The van der Waals surface area contributed by atoms with Gasteiger partial charge in [0.05, 0.1) is 35.7 Å². The second-order valence-electron chi connectivity index (χ2n) is 17.5. The number of ether oxygens (including phenoxy) is 3. The van der Waals surface area contributed by atoms with Crippen molar-refractivity contribution in [2.45, 2.75) is 128 Å². The van der Waals surface area contributed by atoms with E-state index >= 15 is 4.57 Å². The van der Waals surface area contributed by atoms with Crippen molar-refractivity contribution in [3.8, 4) is 11.8 Å². The number of fused-ring (bicyclic) bond motifs is 1. The molecule has 19 heteroatoms. The average molecular weight is 867 g/mol. The number of nitriles is 1. The topological polar surface area (TPSA) is 264 Å². The van der Waals surface area contributed by atoms with Crippen LogP contribution in [0, 0.1) is 34.0 Å². The Morgan fingerprint density at radius 2 is 1.57 bits per heavy atom. The number of carboxylic acid groups (broad SMARTS) is 2. The highest BCUT2D eigenvalue weighted by Gasteiger charge is 2.61. The summed E-state index contributed by atoms with van der Waals surface area (Å²) in [7, 11) is -4.74. The van der Waals surface area contributed by atoms with Crippen molar-refractivity contribution in [3.05, 3.63) is 54.5 Å². The minimum absolute atomic E-state index is 0.0788. The van der Waals surface area contributed by atoms with Gasteiger partial charge in [0, 0.05) is 5.92 Å². The van der Waals surface area contributed by atoms with Crippen LogP contribution in [0.1, 0.15) is 104 Å². The summed E-state index contributed by atoms with van der Waals surface area (Å²) < 4.78 is 46.9. The molecule has 1 saturated heterocycles. The Hall–Kier alpha value is -5.08. The smallest absolute Gasteiger partial charge is 0.459 e. The number of esters is 2. The van der Waals surface area contributed by atoms with E-state index in [-0.39, 0.29) is 36.2 Å². The molecule has 3 aromatic rings. The Bertz CT molecular complexity index is 2160. The summed E-state index contributed by atoms with van der Waals surface area (Å²) in [6.45, 7) is 5.35. The van der Waals surface area contributed by atoms with Gasteiger partial charge in [0.25, 0.3) is 0 Å². The molecule has 1 aliphatic heterocycles. The van der Waals surface area contributed by atoms with Crippen LogP contribution in [0.25, 0.3) is 5.52 Å². The number of carbonyl (C=O) groups is 4. The highest BCUT2D eigenvalue weighted by atomic mass is 31.2. The standard InChI is InChI=1S/C42H55N6O12P/c1-40(2,38(51)52)21-29-30(22-41(3,4)39(53)54)42(24-43,34-19-18-32-36(44)45-25-46-48(32)34)59-33(29)23-56-61(55,60-28-16-6-5-7-17-28)47-31(37(50)58-27-14-10-11-15-27)20-35(49)57-26-12-8-9-13-26/h5-7,16-19,25-27,29-31,33H,8-15,20-23H2,1-4H3,(H,47,55)(H,51,52)(H,53,54)(H2,44,45,46)/t29-,30-,31+,33+,42-,61?/m1/s1. The zero-order valence-electron chi connectivity index (χ0n) is 34.9. The molecular weight excluding hydrogens is 811 g/mol. The summed E-state index contributed by atoms with van der Waals surface area (Å²) >= 11 is 0. The lowest BCUT2D eigenvalue weighted by Crippen LogP contribution is -2.42. The molecule has 18 nitrogen and oxygen atoms in total. The number of anilines is 1. The van der Waals surface area contributed by atoms with Crippen molar-refractivity contribution >= 4 is 43.0 Å². The number of hydrogen-bond acceptors (Lipinski definition) is 14. The van der Waals surface area contributed by atoms with Gasteiger partial charge < -0.3 is 34.7 Å². The zero-order valence-corrected chi connectivity index (χ0v) is 35.8. The van der Waals surface area contributed by atoms with Crippen LogP contribution in [0.4, 0.5) is 5.82 Å². The largest absolute Gasteiger partial charge is 0.481 e. The van der Waals surface area contributed by atoms with E-state index in [0.717, 1.165) is 25.7 Å². The van der Waals surface area contributed by atoms with Gasteiger partial charge in [-0.25, -0.2) is 14.1 Å². The minimum atomic E-state index is -4.74. The minimum Gasteiger partial charge on any atom is -0.481 e. The number of carbonyl (C=O) groups excluding carboxylic acids is 2. The van der Waals surface area contributed by atoms with Crippen LogP contribution < -0.4 is 15.3 Å². The fourth-order valence-electron chi connectivity index (χ4n) is 8.58. The number of para-hydroxylation sites is 1. The van der Waals surface area contributed by atoms with Gasteiger partial charge in [0.2, 0.25) is 0 Å². The number of rotatable bonds is 19. The van der Waals surface area contributed by atoms with E-state index in [9.17, 15) is 34.7 Å². The molecule has 3 heterocycles. The summed E-state index contributed by atoms with van der Waals surface area (Å²) in [5.41, 5.74) is 1.75. The van der Waals surface area contributed by atoms with Crippen LogP contribution in [0.2, 0.25) is 0 Å². The van der Waals surface area contributed by atoms with Gasteiger partial charge in [0.1, 0.15) is 41.9 Å². The molecular formula is C42H55N6O12P. The Labute approximate surface area is 354 Å². The average Bonchev–Trinajstić information content (AvgIpc) is 4.04. The molecule has 1 aromatic carbocycles. The Kier molecular flexibility index (Phi) is 13.8. The first-order valence-electron chi connectivity index (χ1n) is 20.7. The van der Waals surface area contributed by atoms with E-state index in [2.05, 4.69) is 21.2 Å². The van der Waals surface area contributed by atoms with E-state index in [1.54, 1.807) is 30.3 Å². The monoisotopic (exact) mass is 866 g/mol. The van der Waals surface area contributed by atoms with Gasteiger partial charge in [-0.3, -0.25) is 23.7 Å². The first-order valence-corrected chi connectivity index (χ1v) is 22.2. The van der Waals surface area contributed by atoms with E-state index in [1.807, 2.05) is 0 Å². The van der Waals surface area contributed by atoms with E-state index in [1.165, 1.54) is 50.7 Å². The zero-order chi connectivity index (χ0) is 44.2. The quantitative estimate of drug-likeness (QED) is 0.0773. The lowest BCUT2D eigenvalue weighted by atomic mass is 9.66. The molecule has 3 aliphatic rings. The maximum atomic E-state index is 15.1. The fourth-order valence-corrected chi connectivity index (χ4v) is 10.1. The van der Waals surface area contributed by atoms with Gasteiger partial charge in [-0.1, -0.05) is 18.2 Å². The number of nitrogens with zero attached hydrogens (tertiary/aromatic N) is 4. The number of nitrogen functional groups attached to an aromatic ring is 1. The SMILES string of the molecule is CC(C)(C[C@H]1[C@H](COP(=O)(N[C@@H](CC(=O)OC2CCCC2)C(=O)OC2CCCC2)Oc2ccccc2)O[C@@](C#N)(c2ccc3c(N)ncnn23)[C@@H]1CC(C)(C)C(=O)O)C(=O)O. The highest BCUT2D eigenvalue weighted by molar-refractivity contribution is 7.52. The number of nitrogens with two attached hydrogens (primary N) is 1. The van der Waals surface area contributed by atoms with E-state index < -0.39 is 91.2 Å². The molecule has 0 spiro atoms. The van der Waals surface area contributed by atoms with Gasteiger partial charge in [-0.15, -0.1) is 0 Å². The second kappa shape index (κ2) is 18.5. The van der Waals surface area contributed by atoms with Gasteiger partial charge >= 0.3 is 31.6 Å². The predicted molar refractivity (Wildman–Crippen MR) is 217 cm³/mol. The fraction of sp³-hybridized carbons (Fsp3) is 0.595. The van der Waals surface area contributed by atoms with Crippen LogP contribution >= 0.6 is 7.75 Å². The number of aromatic nitrogens is 3. The molecule has 330 valence electrons. The normalized spacial score (nSPS) is 23.9. The van der Waals surface area contributed by atoms with Gasteiger partial charge in [-0.05, 0) is 122 Å². The van der Waals surface area contributed by atoms with Crippen LogP contribution in [-0.4, -0.2) is 79.6 Å². The third kappa shape index (κ3) is 10.3. The summed E-state index contributed by atoms with van der Waals surface area (Å²) in [5.74, 6) is -5.70. The molecule has 2 saturated carbocycles. The number of benzene rings is 1. The Morgan fingerprint density at radius 3 is 2.18 bits per heavy atom. The third-order valence-corrected chi connectivity index (χ3v) is 13.6. The molecule has 6 rings (SSSR count). The lowest BCUT2D eigenvalue weighted by molar-refractivity contribution is -0.157. The Morgan fingerprint density at radius 1 is 0.967 bits per heavy atom.